The normalized spacial score (nSPS) is 29.0. The zero-order chi connectivity index (χ0) is 13.0. The number of hydrogen-bond acceptors (Lipinski definition) is 2. The smallest absolute Gasteiger partial charge is 0.0223 e. The van der Waals surface area contributed by atoms with E-state index in [-0.39, 0.29) is 0 Å². The van der Waals surface area contributed by atoms with Gasteiger partial charge in [-0.2, -0.15) is 0 Å². The van der Waals surface area contributed by atoms with E-state index in [0.717, 1.165) is 18.0 Å². The van der Waals surface area contributed by atoms with E-state index in [1.807, 2.05) is 0 Å². The third kappa shape index (κ3) is 3.27. The molecule has 0 N–H and O–H groups in total. The summed E-state index contributed by atoms with van der Waals surface area (Å²) in [5.74, 6) is 0.889. The first-order valence-corrected chi connectivity index (χ1v) is 8.24. The monoisotopic (exact) mass is 252 g/mol. The number of hydrogen-bond donors (Lipinski definition) is 0. The molecule has 0 saturated carbocycles. The Morgan fingerprint density at radius 2 is 1.72 bits per heavy atom. The molecule has 2 aliphatic heterocycles. The largest absolute Gasteiger partial charge is 0.299 e. The van der Waals surface area contributed by atoms with Gasteiger partial charge in [-0.25, -0.2) is 0 Å². The number of rotatable bonds is 4. The van der Waals surface area contributed by atoms with Gasteiger partial charge in [0.2, 0.25) is 0 Å². The lowest BCUT2D eigenvalue weighted by Gasteiger charge is -2.38. The van der Waals surface area contributed by atoms with Gasteiger partial charge in [-0.05, 0) is 51.7 Å². The molecule has 2 nitrogen and oxygen atoms in total. The summed E-state index contributed by atoms with van der Waals surface area (Å²) in [5, 5.41) is 0. The molecule has 0 amide bonds. The Morgan fingerprint density at radius 1 is 1.00 bits per heavy atom. The van der Waals surface area contributed by atoms with Crippen molar-refractivity contribution >= 4 is 0 Å². The molecule has 2 rings (SSSR count). The summed E-state index contributed by atoms with van der Waals surface area (Å²) in [5.41, 5.74) is 0. The summed E-state index contributed by atoms with van der Waals surface area (Å²) in [6.45, 7) is 12.5. The number of fused-ring (bicyclic) bond motifs is 1. The Kier molecular flexibility index (Phi) is 5.50. The van der Waals surface area contributed by atoms with E-state index in [1.165, 1.54) is 64.7 Å². The van der Waals surface area contributed by atoms with Crippen LogP contribution in [0.4, 0.5) is 0 Å². The van der Waals surface area contributed by atoms with Crippen LogP contribution in [0.1, 0.15) is 59.3 Å². The van der Waals surface area contributed by atoms with Gasteiger partial charge in [0, 0.05) is 18.6 Å². The molecule has 0 spiro atoms. The quantitative estimate of drug-likeness (QED) is 0.757. The van der Waals surface area contributed by atoms with Crippen molar-refractivity contribution in [3.63, 3.8) is 0 Å². The first kappa shape index (κ1) is 14.3. The Hall–Kier alpha value is -0.0800. The third-order valence-corrected chi connectivity index (χ3v) is 5.39. The standard InChI is InChI=1S/C16H32N2/c1-4-15(5-2)14(3)18-12-8-11-17-10-7-6-9-16(17)13-18/h14-16H,4-13H2,1-3H3. The highest BCUT2D eigenvalue weighted by atomic mass is 15.3. The summed E-state index contributed by atoms with van der Waals surface area (Å²) in [6, 6.07) is 1.64. The van der Waals surface area contributed by atoms with Crippen molar-refractivity contribution in [1.82, 2.24) is 9.80 Å². The Balaban J connectivity index is 1.96. The molecule has 0 aliphatic carbocycles. The van der Waals surface area contributed by atoms with Crippen molar-refractivity contribution in [1.29, 1.82) is 0 Å². The van der Waals surface area contributed by atoms with E-state index in [4.69, 9.17) is 0 Å². The maximum atomic E-state index is 2.80. The molecule has 0 aromatic heterocycles. The van der Waals surface area contributed by atoms with Gasteiger partial charge in [0.15, 0.2) is 0 Å². The molecule has 18 heavy (non-hydrogen) atoms. The zero-order valence-electron chi connectivity index (χ0n) is 12.7. The van der Waals surface area contributed by atoms with Crippen LogP contribution in [-0.2, 0) is 0 Å². The van der Waals surface area contributed by atoms with Gasteiger partial charge in [-0.15, -0.1) is 0 Å². The minimum Gasteiger partial charge on any atom is -0.299 e. The van der Waals surface area contributed by atoms with Gasteiger partial charge in [-0.3, -0.25) is 9.80 Å². The van der Waals surface area contributed by atoms with Crippen LogP contribution in [-0.4, -0.2) is 48.1 Å². The molecule has 0 aromatic carbocycles. The van der Waals surface area contributed by atoms with Crippen LogP contribution in [0.3, 0.4) is 0 Å². The van der Waals surface area contributed by atoms with E-state index >= 15 is 0 Å². The van der Waals surface area contributed by atoms with Gasteiger partial charge in [0.1, 0.15) is 0 Å². The number of nitrogens with zero attached hydrogens (tertiary/aromatic N) is 2. The van der Waals surface area contributed by atoms with Crippen molar-refractivity contribution in [3.05, 3.63) is 0 Å². The predicted octanol–water partition coefficient (Wildman–Crippen LogP) is 3.37. The van der Waals surface area contributed by atoms with E-state index in [9.17, 15) is 0 Å². The van der Waals surface area contributed by atoms with Crippen LogP contribution >= 0.6 is 0 Å². The molecular formula is C16H32N2. The van der Waals surface area contributed by atoms with Gasteiger partial charge < -0.3 is 0 Å². The lowest BCUT2D eigenvalue weighted by molar-refractivity contribution is 0.102. The minimum atomic E-state index is 0.780. The van der Waals surface area contributed by atoms with Crippen molar-refractivity contribution < 1.29 is 0 Å². The molecule has 0 aromatic rings. The maximum absolute atomic E-state index is 2.80. The van der Waals surface area contributed by atoms with Gasteiger partial charge in [-0.1, -0.05) is 33.1 Å². The molecule has 2 aliphatic rings. The van der Waals surface area contributed by atoms with E-state index in [2.05, 4.69) is 30.6 Å². The molecule has 0 radical (unpaired) electrons. The van der Waals surface area contributed by atoms with Crippen LogP contribution in [0, 0.1) is 5.92 Å². The molecule has 2 heteroatoms. The summed E-state index contributed by atoms with van der Waals surface area (Å²) in [7, 11) is 0. The molecule has 106 valence electrons. The SMILES string of the molecule is CCC(CC)C(C)N1CCCN2CCCCC2C1. The lowest BCUT2D eigenvalue weighted by Crippen LogP contribution is -2.47. The van der Waals surface area contributed by atoms with E-state index in [0.29, 0.717) is 0 Å². The second-order valence-electron chi connectivity index (χ2n) is 6.35. The highest BCUT2D eigenvalue weighted by molar-refractivity contribution is 4.86. The fourth-order valence-corrected chi connectivity index (χ4v) is 4.04. The summed E-state index contributed by atoms with van der Waals surface area (Å²) in [6.07, 6.45) is 8.37. The maximum Gasteiger partial charge on any atom is 0.0223 e. The van der Waals surface area contributed by atoms with Crippen LogP contribution < -0.4 is 0 Å². The van der Waals surface area contributed by atoms with E-state index in [1.54, 1.807) is 0 Å². The Labute approximate surface area is 114 Å². The van der Waals surface area contributed by atoms with Crippen LogP contribution in [0.15, 0.2) is 0 Å². The fourth-order valence-electron chi connectivity index (χ4n) is 4.04. The van der Waals surface area contributed by atoms with Gasteiger partial charge in [0.05, 0.1) is 0 Å². The average molecular weight is 252 g/mol. The first-order valence-electron chi connectivity index (χ1n) is 8.24. The van der Waals surface area contributed by atoms with Crippen molar-refractivity contribution in [2.45, 2.75) is 71.4 Å². The lowest BCUT2D eigenvalue weighted by atomic mass is 9.93. The van der Waals surface area contributed by atoms with Crippen LogP contribution in [0.5, 0.6) is 0 Å². The fraction of sp³-hybridized carbons (Fsp3) is 1.00. The highest BCUT2D eigenvalue weighted by Crippen LogP contribution is 2.25. The van der Waals surface area contributed by atoms with Crippen LogP contribution in [0.2, 0.25) is 0 Å². The molecule has 2 unspecified atom stereocenters. The number of piperidine rings is 1. The third-order valence-electron chi connectivity index (χ3n) is 5.39. The van der Waals surface area contributed by atoms with E-state index < -0.39 is 0 Å². The molecule has 2 heterocycles. The predicted molar refractivity (Wildman–Crippen MR) is 78.9 cm³/mol. The Bertz CT molecular complexity index is 237. The van der Waals surface area contributed by atoms with Crippen molar-refractivity contribution in [2.75, 3.05) is 26.2 Å². The van der Waals surface area contributed by atoms with Gasteiger partial charge in [0.25, 0.3) is 0 Å². The topological polar surface area (TPSA) is 6.48 Å². The molecular weight excluding hydrogens is 220 g/mol. The summed E-state index contributed by atoms with van der Waals surface area (Å²) >= 11 is 0. The first-order chi connectivity index (χ1) is 8.76. The minimum absolute atomic E-state index is 0.780. The average Bonchev–Trinajstić information content (AvgIpc) is 2.62. The van der Waals surface area contributed by atoms with Gasteiger partial charge >= 0.3 is 0 Å². The second kappa shape index (κ2) is 6.91. The van der Waals surface area contributed by atoms with Crippen molar-refractivity contribution in [2.24, 2.45) is 5.92 Å². The molecule has 0 bridgehead atoms. The molecule has 2 fully saturated rings. The highest BCUT2D eigenvalue weighted by Gasteiger charge is 2.30. The summed E-state index contributed by atoms with van der Waals surface area (Å²) in [4.78, 5) is 5.57. The Morgan fingerprint density at radius 3 is 2.44 bits per heavy atom. The molecule has 2 atom stereocenters. The van der Waals surface area contributed by atoms with Crippen molar-refractivity contribution in [3.8, 4) is 0 Å². The molecule has 2 saturated heterocycles. The second-order valence-corrected chi connectivity index (χ2v) is 6.35. The summed E-state index contributed by atoms with van der Waals surface area (Å²) < 4.78 is 0. The van der Waals surface area contributed by atoms with Crippen LogP contribution in [0.25, 0.3) is 0 Å². The zero-order valence-corrected chi connectivity index (χ0v) is 12.7.